The van der Waals surface area contributed by atoms with Gasteiger partial charge in [-0.05, 0) is 5.92 Å². The molecule has 2 rings (SSSR count). The molecule has 0 spiro atoms. The molecule has 0 N–H and O–H groups in total. The smallest absolute Gasteiger partial charge is 0.354 e. The summed E-state index contributed by atoms with van der Waals surface area (Å²) < 4.78 is 38.1. The van der Waals surface area contributed by atoms with Crippen LogP contribution in [0.5, 0.6) is 0 Å². The molecule has 1 aliphatic heterocycles. The number of halogens is 4. The molecule has 0 saturated carbocycles. The number of alkyl halides is 3. The standard InChI is InChI=1S/C13H18ClF3N4/c1-9(2)8-20-3-5-21(6-4-20)11-7-10(14)18-12(19-11)13(15,16)17/h7,9H,3-6,8H2,1-2H3. The molecule has 0 unspecified atom stereocenters. The molecule has 1 aliphatic rings. The van der Waals surface area contributed by atoms with Gasteiger partial charge in [-0.2, -0.15) is 13.2 Å². The van der Waals surface area contributed by atoms with Gasteiger partial charge >= 0.3 is 6.18 Å². The fourth-order valence-corrected chi connectivity index (χ4v) is 2.55. The van der Waals surface area contributed by atoms with Crippen LogP contribution >= 0.6 is 11.6 Å². The third-order valence-corrected chi connectivity index (χ3v) is 3.45. The van der Waals surface area contributed by atoms with E-state index in [1.165, 1.54) is 6.07 Å². The zero-order valence-electron chi connectivity index (χ0n) is 12.0. The average Bonchev–Trinajstić information content (AvgIpc) is 2.37. The van der Waals surface area contributed by atoms with E-state index >= 15 is 0 Å². The van der Waals surface area contributed by atoms with Gasteiger partial charge in [0.2, 0.25) is 5.82 Å². The van der Waals surface area contributed by atoms with E-state index in [1.54, 1.807) is 0 Å². The molecule has 0 aromatic carbocycles. The minimum Gasteiger partial charge on any atom is -0.354 e. The molecular formula is C13H18ClF3N4. The van der Waals surface area contributed by atoms with Crippen molar-refractivity contribution in [1.29, 1.82) is 0 Å². The monoisotopic (exact) mass is 322 g/mol. The fraction of sp³-hybridized carbons (Fsp3) is 0.692. The largest absolute Gasteiger partial charge is 0.451 e. The Labute approximate surface area is 126 Å². The van der Waals surface area contributed by atoms with Crippen molar-refractivity contribution < 1.29 is 13.2 Å². The fourth-order valence-electron chi connectivity index (χ4n) is 2.37. The summed E-state index contributed by atoms with van der Waals surface area (Å²) in [6.45, 7) is 8.17. The molecule has 118 valence electrons. The molecule has 0 amide bonds. The van der Waals surface area contributed by atoms with Crippen LogP contribution < -0.4 is 4.90 Å². The first kappa shape index (κ1) is 16.3. The lowest BCUT2D eigenvalue weighted by atomic mass is 10.2. The Bertz CT molecular complexity index is 485. The van der Waals surface area contributed by atoms with E-state index in [1.807, 2.05) is 4.90 Å². The summed E-state index contributed by atoms with van der Waals surface area (Å²) in [4.78, 5) is 11.0. The van der Waals surface area contributed by atoms with Gasteiger partial charge in [0.05, 0.1) is 0 Å². The summed E-state index contributed by atoms with van der Waals surface area (Å²) in [7, 11) is 0. The number of nitrogens with zero attached hydrogens (tertiary/aromatic N) is 4. The normalized spacial score (nSPS) is 17.6. The summed E-state index contributed by atoms with van der Waals surface area (Å²) in [5, 5.41) is -0.183. The van der Waals surface area contributed by atoms with Crippen molar-refractivity contribution in [3.8, 4) is 0 Å². The lowest BCUT2D eigenvalue weighted by Gasteiger charge is -2.36. The van der Waals surface area contributed by atoms with Crippen LogP contribution in [0.4, 0.5) is 19.0 Å². The van der Waals surface area contributed by atoms with Crippen molar-refractivity contribution in [3.63, 3.8) is 0 Å². The van der Waals surface area contributed by atoms with Gasteiger partial charge in [-0.1, -0.05) is 25.4 Å². The zero-order valence-corrected chi connectivity index (χ0v) is 12.7. The minimum atomic E-state index is -4.58. The van der Waals surface area contributed by atoms with Crippen molar-refractivity contribution in [3.05, 3.63) is 17.0 Å². The maximum absolute atomic E-state index is 12.7. The van der Waals surface area contributed by atoms with Gasteiger partial charge < -0.3 is 4.90 Å². The van der Waals surface area contributed by atoms with Gasteiger partial charge in [-0.3, -0.25) is 4.90 Å². The van der Waals surface area contributed by atoms with Crippen molar-refractivity contribution in [2.24, 2.45) is 5.92 Å². The zero-order chi connectivity index (χ0) is 15.6. The average molecular weight is 323 g/mol. The van der Waals surface area contributed by atoms with Crippen LogP contribution in [0.1, 0.15) is 19.7 Å². The lowest BCUT2D eigenvalue weighted by Crippen LogP contribution is -2.47. The quantitative estimate of drug-likeness (QED) is 0.801. The molecule has 1 fully saturated rings. The minimum absolute atomic E-state index is 0.183. The van der Waals surface area contributed by atoms with Gasteiger partial charge in [0.25, 0.3) is 0 Å². The first-order chi connectivity index (χ1) is 9.75. The molecule has 1 aromatic heterocycles. The highest BCUT2D eigenvalue weighted by Crippen LogP contribution is 2.29. The highest BCUT2D eigenvalue weighted by Gasteiger charge is 2.36. The molecule has 0 radical (unpaired) electrons. The molecule has 1 aromatic rings. The summed E-state index contributed by atoms with van der Waals surface area (Å²) in [6.07, 6.45) is -4.58. The van der Waals surface area contributed by atoms with E-state index in [0.717, 1.165) is 19.6 Å². The summed E-state index contributed by atoms with van der Waals surface area (Å²) in [6, 6.07) is 1.38. The number of piperazine rings is 1. The van der Waals surface area contributed by atoms with Crippen molar-refractivity contribution >= 4 is 17.4 Å². The Kier molecular flexibility index (Phi) is 4.93. The second kappa shape index (κ2) is 6.36. The second-order valence-corrected chi connectivity index (χ2v) is 5.94. The summed E-state index contributed by atoms with van der Waals surface area (Å²) >= 11 is 5.68. The van der Waals surface area contributed by atoms with Crippen LogP contribution in [0, 0.1) is 5.92 Å². The van der Waals surface area contributed by atoms with Crippen LogP contribution in [0.25, 0.3) is 0 Å². The van der Waals surface area contributed by atoms with E-state index in [2.05, 4.69) is 28.7 Å². The van der Waals surface area contributed by atoms with Crippen molar-refractivity contribution in [1.82, 2.24) is 14.9 Å². The Balaban J connectivity index is 2.08. The lowest BCUT2D eigenvalue weighted by molar-refractivity contribution is -0.144. The third-order valence-electron chi connectivity index (χ3n) is 3.25. The van der Waals surface area contributed by atoms with Crippen LogP contribution in [0.3, 0.4) is 0 Å². The van der Waals surface area contributed by atoms with E-state index in [0.29, 0.717) is 19.0 Å². The molecule has 4 nitrogen and oxygen atoms in total. The summed E-state index contributed by atoms with van der Waals surface area (Å²) in [5.74, 6) is -0.372. The first-order valence-corrected chi connectivity index (χ1v) is 7.22. The molecule has 0 bridgehead atoms. The van der Waals surface area contributed by atoms with Gasteiger partial charge in [0.1, 0.15) is 11.0 Å². The Morgan fingerprint density at radius 2 is 1.81 bits per heavy atom. The van der Waals surface area contributed by atoms with Gasteiger partial charge in [-0.15, -0.1) is 0 Å². The van der Waals surface area contributed by atoms with Crippen molar-refractivity contribution in [2.75, 3.05) is 37.6 Å². The van der Waals surface area contributed by atoms with Crippen LogP contribution in [0.2, 0.25) is 5.15 Å². The van der Waals surface area contributed by atoms with E-state index in [4.69, 9.17) is 11.6 Å². The molecule has 0 aliphatic carbocycles. The maximum Gasteiger partial charge on any atom is 0.451 e. The number of rotatable bonds is 3. The molecule has 21 heavy (non-hydrogen) atoms. The Morgan fingerprint density at radius 3 is 2.33 bits per heavy atom. The molecular weight excluding hydrogens is 305 g/mol. The third kappa shape index (κ3) is 4.44. The molecule has 1 saturated heterocycles. The molecule has 8 heteroatoms. The number of anilines is 1. The van der Waals surface area contributed by atoms with E-state index in [9.17, 15) is 13.2 Å². The predicted octanol–water partition coefficient (Wildman–Crippen LogP) is 2.93. The van der Waals surface area contributed by atoms with Gasteiger partial charge in [-0.25, -0.2) is 9.97 Å². The first-order valence-electron chi connectivity index (χ1n) is 6.85. The number of hydrogen-bond acceptors (Lipinski definition) is 4. The predicted molar refractivity (Wildman–Crippen MR) is 75.5 cm³/mol. The highest BCUT2D eigenvalue weighted by atomic mass is 35.5. The highest BCUT2D eigenvalue weighted by molar-refractivity contribution is 6.29. The summed E-state index contributed by atoms with van der Waals surface area (Å²) in [5.41, 5.74) is 0. The topological polar surface area (TPSA) is 32.3 Å². The van der Waals surface area contributed by atoms with Gasteiger partial charge in [0, 0.05) is 38.8 Å². The van der Waals surface area contributed by atoms with Crippen molar-refractivity contribution in [2.45, 2.75) is 20.0 Å². The van der Waals surface area contributed by atoms with Crippen LogP contribution in [0.15, 0.2) is 6.07 Å². The Hall–Kier alpha value is -1.08. The molecule has 0 atom stereocenters. The maximum atomic E-state index is 12.7. The Morgan fingerprint density at radius 1 is 1.19 bits per heavy atom. The van der Waals surface area contributed by atoms with E-state index in [-0.39, 0.29) is 11.0 Å². The molecule has 2 heterocycles. The van der Waals surface area contributed by atoms with Crippen LogP contribution in [-0.4, -0.2) is 47.6 Å². The second-order valence-electron chi connectivity index (χ2n) is 5.55. The number of hydrogen-bond donors (Lipinski definition) is 0. The van der Waals surface area contributed by atoms with E-state index < -0.39 is 12.0 Å². The number of aromatic nitrogens is 2. The van der Waals surface area contributed by atoms with Gasteiger partial charge in [0.15, 0.2) is 0 Å². The van der Waals surface area contributed by atoms with Crippen LogP contribution in [-0.2, 0) is 6.18 Å². The SMILES string of the molecule is CC(C)CN1CCN(c2cc(Cl)nc(C(F)(F)F)n2)CC1.